The van der Waals surface area contributed by atoms with Crippen molar-refractivity contribution >= 4 is 39.2 Å². The van der Waals surface area contributed by atoms with Crippen molar-refractivity contribution in [3.63, 3.8) is 0 Å². The van der Waals surface area contributed by atoms with E-state index in [4.69, 9.17) is 0 Å². The first-order valence-electron chi connectivity index (χ1n) is 7.59. The highest BCUT2D eigenvalue weighted by Crippen LogP contribution is 2.24. The Morgan fingerprint density at radius 2 is 1.96 bits per heavy atom. The number of benzene rings is 2. The number of carbonyl (C=O) groups excluding carboxylic acids is 1. The molecule has 3 nitrogen and oxygen atoms in total. The van der Waals surface area contributed by atoms with Crippen LogP contribution in [-0.2, 0) is 11.3 Å². The van der Waals surface area contributed by atoms with E-state index in [9.17, 15) is 9.18 Å². The second-order valence-electron chi connectivity index (χ2n) is 5.35. The van der Waals surface area contributed by atoms with Crippen LogP contribution in [0.3, 0.4) is 0 Å². The van der Waals surface area contributed by atoms with Crippen LogP contribution in [0.1, 0.15) is 11.4 Å². The molecule has 2 aromatic carbocycles. The second kappa shape index (κ2) is 7.77. The molecule has 0 N–H and O–H groups in total. The molecule has 0 atom stereocenters. The molecular formula is C18H17FN2OS2. The molecule has 6 heteroatoms. The van der Waals surface area contributed by atoms with Crippen molar-refractivity contribution in [1.29, 1.82) is 0 Å². The van der Waals surface area contributed by atoms with Gasteiger partial charge in [-0.15, -0.1) is 23.1 Å². The molecule has 3 rings (SSSR count). The Balaban J connectivity index is 1.52. The fourth-order valence-corrected chi connectivity index (χ4v) is 4.18. The summed E-state index contributed by atoms with van der Waals surface area (Å²) in [7, 11) is 1.78. The monoisotopic (exact) mass is 360 g/mol. The predicted octanol–water partition coefficient (Wildman–Crippen LogP) is 4.58. The number of hydrogen-bond donors (Lipinski definition) is 0. The SMILES string of the molecule is CN(Cc1nc2ccccc2s1)C(=O)CCSc1ccccc1F. The third kappa shape index (κ3) is 4.13. The molecule has 0 saturated heterocycles. The van der Waals surface area contributed by atoms with Gasteiger partial charge in [-0.2, -0.15) is 0 Å². The molecule has 0 radical (unpaired) electrons. The third-order valence-electron chi connectivity index (χ3n) is 3.55. The number of carbonyl (C=O) groups is 1. The molecule has 1 aromatic heterocycles. The number of hydrogen-bond acceptors (Lipinski definition) is 4. The van der Waals surface area contributed by atoms with E-state index in [1.54, 1.807) is 41.5 Å². The van der Waals surface area contributed by atoms with Gasteiger partial charge in [0.05, 0.1) is 16.8 Å². The zero-order chi connectivity index (χ0) is 16.9. The van der Waals surface area contributed by atoms with Crippen molar-refractivity contribution in [2.24, 2.45) is 0 Å². The third-order valence-corrected chi connectivity index (χ3v) is 5.62. The van der Waals surface area contributed by atoms with Gasteiger partial charge < -0.3 is 4.90 Å². The van der Waals surface area contributed by atoms with Crippen LogP contribution < -0.4 is 0 Å². The standard InChI is InChI=1S/C18H17FN2OS2/c1-21(12-17-20-14-7-3-5-9-16(14)24-17)18(22)10-11-23-15-8-4-2-6-13(15)19/h2-9H,10-12H2,1H3. The molecule has 0 bridgehead atoms. The quantitative estimate of drug-likeness (QED) is 0.604. The summed E-state index contributed by atoms with van der Waals surface area (Å²) < 4.78 is 14.7. The van der Waals surface area contributed by atoms with Gasteiger partial charge >= 0.3 is 0 Å². The molecule has 3 aromatic rings. The van der Waals surface area contributed by atoms with E-state index < -0.39 is 0 Å². The fourth-order valence-electron chi connectivity index (χ4n) is 2.28. The number of rotatable bonds is 6. The zero-order valence-electron chi connectivity index (χ0n) is 13.2. The van der Waals surface area contributed by atoms with Crippen LogP contribution in [0.15, 0.2) is 53.4 Å². The maximum absolute atomic E-state index is 13.5. The van der Waals surface area contributed by atoms with Crippen LogP contribution in [0.25, 0.3) is 10.2 Å². The molecule has 1 amide bonds. The normalized spacial score (nSPS) is 10.9. The second-order valence-corrected chi connectivity index (χ2v) is 7.61. The van der Waals surface area contributed by atoms with Crippen LogP contribution in [0.5, 0.6) is 0 Å². The van der Waals surface area contributed by atoms with E-state index in [2.05, 4.69) is 4.98 Å². The minimum atomic E-state index is -0.238. The highest BCUT2D eigenvalue weighted by molar-refractivity contribution is 7.99. The van der Waals surface area contributed by atoms with Crippen molar-refractivity contribution in [3.8, 4) is 0 Å². The van der Waals surface area contributed by atoms with Crippen molar-refractivity contribution in [2.45, 2.75) is 17.9 Å². The van der Waals surface area contributed by atoms with E-state index in [1.165, 1.54) is 17.8 Å². The minimum Gasteiger partial charge on any atom is -0.339 e. The predicted molar refractivity (Wildman–Crippen MR) is 97.8 cm³/mol. The summed E-state index contributed by atoms with van der Waals surface area (Å²) in [5, 5.41) is 0.925. The lowest BCUT2D eigenvalue weighted by Gasteiger charge is -2.15. The van der Waals surface area contributed by atoms with E-state index in [0.29, 0.717) is 23.6 Å². The van der Waals surface area contributed by atoms with E-state index in [-0.39, 0.29) is 11.7 Å². The van der Waals surface area contributed by atoms with Crippen molar-refractivity contribution in [1.82, 2.24) is 9.88 Å². The van der Waals surface area contributed by atoms with Gasteiger partial charge in [0.1, 0.15) is 10.8 Å². The van der Waals surface area contributed by atoms with Gasteiger partial charge in [-0.3, -0.25) is 4.79 Å². The molecule has 0 fully saturated rings. The van der Waals surface area contributed by atoms with Crippen LogP contribution >= 0.6 is 23.1 Å². The average Bonchev–Trinajstić information content (AvgIpc) is 2.98. The molecule has 0 spiro atoms. The number of para-hydroxylation sites is 1. The lowest BCUT2D eigenvalue weighted by Crippen LogP contribution is -2.26. The lowest BCUT2D eigenvalue weighted by atomic mass is 10.3. The molecule has 0 aliphatic rings. The van der Waals surface area contributed by atoms with Gasteiger partial charge in [-0.1, -0.05) is 24.3 Å². The van der Waals surface area contributed by atoms with Gasteiger partial charge in [0, 0.05) is 24.1 Å². The van der Waals surface area contributed by atoms with Crippen LogP contribution in [0, 0.1) is 5.82 Å². The van der Waals surface area contributed by atoms with E-state index in [0.717, 1.165) is 15.2 Å². The van der Waals surface area contributed by atoms with Crippen LogP contribution in [0.4, 0.5) is 4.39 Å². The summed E-state index contributed by atoms with van der Waals surface area (Å²) in [6.07, 6.45) is 0.375. The number of thiazole rings is 1. The Morgan fingerprint density at radius 1 is 1.21 bits per heavy atom. The number of amides is 1. The van der Waals surface area contributed by atoms with Crippen molar-refractivity contribution in [3.05, 3.63) is 59.4 Å². The summed E-state index contributed by atoms with van der Waals surface area (Å²) in [5.74, 6) is 0.361. The summed E-state index contributed by atoms with van der Waals surface area (Å²) in [4.78, 5) is 19.0. The minimum absolute atomic E-state index is 0.0399. The molecule has 0 aliphatic carbocycles. The van der Waals surface area contributed by atoms with Gasteiger partial charge in [0.25, 0.3) is 0 Å². The largest absolute Gasteiger partial charge is 0.339 e. The maximum Gasteiger partial charge on any atom is 0.223 e. The zero-order valence-corrected chi connectivity index (χ0v) is 14.9. The molecular weight excluding hydrogens is 343 g/mol. The number of thioether (sulfide) groups is 1. The van der Waals surface area contributed by atoms with Gasteiger partial charge in [0.15, 0.2) is 0 Å². The molecule has 0 saturated carbocycles. The Labute approximate surface area is 148 Å². The number of nitrogens with zero attached hydrogens (tertiary/aromatic N) is 2. The van der Waals surface area contributed by atoms with E-state index >= 15 is 0 Å². The van der Waals surface area contributed by atoms with Crippen molar-refractivity contribution in [2.75, 3.05) is 12.8 Å². The maximum atomic E-state index is 13.5. The fraction of sp³-hybridized carbons (Fsp3) is 0.222. The molecule has 1 heterocycles. The summed E-state index contributed by atoms with van der Waals surface area (Å²) in [5.41, 5.74) is 0.966. The van der Waals surface area contributed by atoms with Gasteiger partial charge in [0.2, 0.25) is 5.91 Å². The first-order valence-corrected chi connectivity index (χ1v) is 9.39. The van der Waals surface area contributed by atoms with Crippen LogP contribution in [-0.4, -0.2) is 28.6 Å². The summed E-state index contributed by atoms with van der Waals surface area (Å²) in [6.45, 7) is 0.503. The lowest BCUT2D eigenvalue weighted by molar-refractivity contribution is -0.129. The summed E-state index contributed by atoms with van der Waals surface area (Å²) >= 11 is 2.97. The topological polar surface area (TPSA) is 33.2 Å². The summed E-state index contributed by atoms with van der Waals surface area (Å²) in [6, 6.07) is 14.6. The highest BCUT2D eigenvalue weighted by atomic mass is 32.2. The number of fused-ring (bicyclic) bond motifs is 1. The highest BCUT2D eigenvalue weighted by Gasteiger charge is 2.12. The smallest absolute Gasteiger partial charge is 0.223 e. The first-order chi connectivity index (χ1) is 11.6. The Kier molecular flexibility index (Phi) is 5.48. The Hall–Kier alpha value is -1.92. The first kappa shape index (κ1) is 16.9. The average molecular weight is 360 g/mol. The molecule has 0 unspecified atom stereocenters. The number of aromatic nitrogens is 1. The van der Waals surface area contributed by atoms with Gasteiger partial charge in [-0.25, -0.2) is 9.37 Å². The molecule has 24 heavy (non-hydrogen) atoms. The van der Waals surface area contributed by atoms with E-state index in [1.807, 2.05) is 24.3 Å². The molecule has 124 valence electrons. The Bertz CT molecular complexity index is 817. The van der Waals surface area contributed by atoms with Crippen molar-refractivity contribution < 1.29 is 9.18 Å². The molecule has 0 aliphatic heterocycles. The Morgan fingerprint density at radius 3 is 2.75 bits per heavy atom. The van der Waals surface area contributed by atoms with Gasteiger partial charge in [-0.05, 0) is 24.3 Å². The van der Waals surface area contributed by atoms with Crippen LogP contribution in [0.2, 0.25) is 0 Å². The number of halogens is 1.